The molecule has 20 nitrogen and oxygen atoms in total. The molecule has 5 saturated heterocycles. The number of piperidine rings is 5. The van der Waals surface area contributed by atoms with Crippen LogP contribution < -0.4 is 47.4 Å². The van der Waals surface area contributed by atoms with Crippen LogP contribution in [0.3, 0.4) is 0 Å². The van der Waals surface area contributed by atoms with Crippen LogP contribution in [0.2, 0.25) is 0 Å². The van der Waals surface area contributed by atoms with Crippen LogP contribution in [-0.4, -0.2) is 217 Å². The van der Waals surface area contributed by atoms with E-state index < -0.39 is 236 Å². The summed E-state index contributed by atoms with van der Waals surface area (Å²) < 4.78 is 446. The molecule has 5 aromatic rings. The van der Waals surface area contributed by atoms with Crippen LogP contribution >= 0.6 is 0 Å². The maximum atomic E-state index is 11.2. The first-order valence-electron chi connectivity index (χ1n) is 63.3. The van der Waals surface area contributed by atoms with Gasteiger partial charge in [-0.3, -0.25) is 24.5 Å². The van der Waals surface area contributed by atoms with Crippen molar-refractivity contribution in [1.29, 1.82) is 0 Å². The number of methoxy groups -OCH3 is 10. The Bertz CT molecular complexity index is 6200. The van der Waals surface area contributed by atoms with Gasteiger partial charge in [0.05, 0.1) is 130 Å². The van der Waals surface area contributed by atoms with Gasteiger partial charge in [0.1, 0.15) is 0 Å². The van der Waals surface area contributed by atoms with Crippen molar-refractivity contribution in [2.75, 3.05) is 136 Å². The van der Waals surface area contributed by atoms with E-state index in [1.807, 2.05) is 41.5 Å². The van der Waals surface area contributed by atoms with Crippen molar-refractivity contribution < 1.29 is 137 Å². The molecule has 652 valence electrons. The van der Waals surface area contributed by atoms with Crippen molar-refractivity contribution in [3.05, 3.63) is 116 Å². The Morgan fingerprint density at radius 1 is 0.342 bits per heavy atom. The fourth-order valence-electron chi connectivity index (χ4n) is 16.3. The van der Waals surface area contributed by atoms with E-state index in [9.17, 15) is 32.4 Å². The van der Waals surface area contributed by atoms with Crippen LogP contribution in [0, 0.1) is 58.2 Å². The summed E-state index contributed by atoms with van der Waals surface area (Å²) >= 11 is 0. The van der Waals surface area contributed by atoms with E-state index in [0.29, 0.717) is 62.6 Å². The second-order valence-corrected chi connectivity index (χ2v) is 32.1. The molecule has 10 aliphatic heterocycles. The molecule has 15 unspecified atom stereocenters. The molecule has 5 fully saturated rings. The number of hydrogen-bond acceptors (Lipinski definition) is 20. The SMILES string of the molecule is [2H]c1c2c(c([2H])c(OC([2H])([2H])[2H])c1OC)C1([2H])CC(O)C(C([2H])([2H])C(C)(C([2H])([2H])[2H])C([2H])([2H])[2H])C([2H])([2H])N1CC2.[2H]c1c2c(c([2H])c(OC([2H])([2H])[2H])c1OC)C1([2H])CC(O)C(CC(C)C)C([2H])([2H])N1CC2.[2H]c1c2c(c([2H])c(OC)c1OC)C1([2H])CC(O)C(C([2H])([2H])C(C)(C([2H])([2H])[2H])C([2H])([2H])[2H])C([2H])([2H])N1CC2.[2H]c1c2c(c([2H])c(OC)c1OC)C1([2H])CC(O)C(CC(C)C)C([2H])([2H])N1CC2.[2H]c1c2c(c([2H])c(OC)c1OC)C1([2H])CC(O)C(CC(C)C)C([2H])([2H])N1CC2. The maximum absolute atomic E-state index is 11.2. The predicted molar refractivity (Wildman–Crippen MR) is 465 cm³/mol. The van der Waals surface area contributed by atoms with Crippen molar-refractivity contribution in [1.82, 2.24) is 24.5 Å². The van der Waals surface area contributed by atoms with Gasteiger partial charge in [0.2, 0.25) is 0 Å². The van der Waals surface area contributed by atoms with Crippen LogP contribution in [0.4, 0.5) is 0 Å². The normalized spacial score (nSPS) is 39.5. The molecule has 5 N–H and O–H groups in total. The number of aliphatic hydroxyl groups excluding tert-OH is 5. The first-order valence-corrected chi connectivity index (χ1v) is 39.8. The monoisotopic (exact) mass is 1670 g/mol. The second kappa shape index (κ2) is 40.1. The van der Waals surface area contributed by atoms with E-state index in [-0.39, 0.29) is 210 Å². The van der Waals surface area contributed by atoms with Gasteiger partial charge < -0.3 is 72.9 Å². The first-order chi connectivity index (χ1) is 74.4. The summed E-state index contributed by atoms with van der Waals surface area (Å²) in [6.07, 6.45) is -13.6. The molecule has 15 atom stereocenters. The van der Waals surface area contributed by atoms with Gasteiger partial charge in [-0.1, -0.05) is 82.8 Å². The van der Waals surface area contributed by atoms with E-state index in [4.69, 9.17) is 105 Å². The predicted octanol–water partition coefficient (Wildman–Crippen LogP) is 15.9. The topological polar surface area (TPSA) is 210 Å². The average molecular weight is 1670 g/mol. The minimum atomic E-state index is -3.46. The molecule has 0 radical (unpaired) electrons. The third-order valence-corrected chi connectivity index (χ3v) is 21.7. The molecule has 117 heavy (non-hydrogen) atoms. The molecule has 0 spiro atoms. The summed E-state index contributed by atoms with van der Waals surface area (Å²) in [5.74, 6) is -7.38. The summed E-state index contributed by atoms with van der Waals surface area (Å²) in [5, 5.41) is 54.9. The highest BCUT2D eigenvalue weighted by atomic mass is 16.5. The fraction of sp³-hybridized carbons (Fsp3) is 0.691. The van der Waals surface area contributed by atoms with Crippen molar-refractivity contribution in [2.45, 2.75) is 240 Å². The molecule has 0 amide bonds. The molecule has 0 saturated carbocycles. The van der Waals surface area contributed by atoms with Crippen LogP contribution in [0.15, 0.2) is 60.4 Å². The summed E-state index contributed by atoms with van der Waals surface area (Å²) in [7, 11) is 4.48. The lowest BCUT2D eigenvalue weighted by Gasteiger charge is -2.47. The molecule has 5 aromatic carbocycles. The van der Waals surface area contributed by atoms with Crippen LogP contribution in [0.5, 0.6) is 57.5 Å². The summed E-state index contributed by atoms with van der Waals surface area (Å²) in [6.45, 7) is -12.4. The van der Waals surface area contributed by atoms with Crippen LogP contribution in [0.25, 0.3) is 0 Å². The minimum Gasteiger partial charge on any atom is -0.493 e. The van der Waals surface area contributed by atoms with Crippen LogP contribution in [0.1, 0.15) is 297 Å². The highest BCUT2D eigenvalue weighted by Crippen LogP contribution is 2.51. The third kappa shape index (κ3) is 22.0. The van der Waals surface area contributed by atoms with Crippen molar-refractivity contribution >= 4 is 0 Å². The zero-order chi connectivity index (χ0) is 126. The standard InChI is InChI=1S/2C20H31NO3.3C19H29NO3/c2*1-20(2,3)11-14-12-21-7-6-13-8-18(23-4)19(24-5)9-15(13)16(21)10-17(14)22;3*1-12(2)7-14-11-20-6-5-13-8-18(22-3)19(23-4)9-15(13)16(20)10-17(14)21/h2*8-9,14,16-17,22H,6-7,10-12H2,1-5H3;3*8-9,12,14,16-17,21H,5-7,10-11H2,1-4H3/i1D3,2D3,5D3,8D,9D,11D2,12D2,16D;1D3,2D3,8D,9D,11D2,12D2,16D;4D3,8D,9D,11D2,16D;2*8D,9D,11D2,16D. The van der Waals surface area contributed by atoms with E-state index in [1.165, 1.54) is 64.5 Å². The molecular formula is C97H149N5O15. The lowest BCUT2D eigenvalue weighted by atomic mass is 9.75. The number of nitrogens with zero attached hydrogens (tertiary/aromatic N) is 5. The van der Waals surface area contributed by atoms with Gasteiger partial charge in [-0.05, 0) is 270 Å². The van der Waals surface area contributed by atoms with Gasteiger partial charge in [0.25, 0.3) is 0 Å². The molecule has 15 rings (SSSR count). The quantitative estimate of drug-likeness (QED) is 0.0552. The maximum Gasteiger partial charge on any atom is 0.161 e. The Morgan fingerprint density at radius 3 is 0.718 bits per heavy atom. The zero-order valence-corrected chi connectivity index (χ0v) is 69.8. The average Bonchev–Trinajstić information content (AvgIpc) is 0.679. The Kier molecular flexibility index (Phi) is 16.3. The third-order valence-electron chi connectivity index (χ3n) is 21.7. The number of rotatable bonds is 18. The number of benzene rings is 5. The van der Waals surface area contributed by atoms with Crippen molar-refractivity contribution in [3.63, 3.8) is 0 Å². The Labute approximate surface area is 768 Å². The highest BCUT2D eigenvalue weighted by molar-refractivity contribution is 5.54. The van der Waals surface area contributed by atoms with Gasteiger partial charge in [-0.25, -0.2) is 0 Å². The van der Waals surface area contributed by atoms with Gasteiger partial charge >= 0.3 is 0 Å². The van der Waals surface area contributed by atoms with E-state index in [2.05, 4.69) is 0 Å². The molecule has 0 bridgehead atoms. The Morgan fingerprint density at radius 2 is 0.530 bits per heavy atom. The highest BCUT2D eigenvalue weighted by Gasteiger charge is 2.45. The first kappa shape index (κ1) is 47.4. The number of hydrogen-bond donors (Lipinski definition) is 5. The molecular weight excluding hydrogens is 1480 g/mol. The second-order valence-electron chi connectivity index (χ2n) is 32.1. The lowest BCUT2D eigenvalue weighted by Crippen LogP contribution is -2.48. The number of fused-ring (bicyclic) bond motifs is 15. The van der Waals surface area contributed by atoms with Gasteiger partial charge in [0.15, 0.2) is 57.5 Å². The lowest BCUT2D eigenvalue weighted by molar-refractivity contribution is -0.0259. The van der Waals surface area contributed by atoms with E-state index in [1.54, 1.807) is 0 Å². The van der Waals surface area contributed by atoms with Gasteiger partial charge in [-0.2, -0.15) is 0 Å². The fourth-order valence-corrected chi connectivity index (χ4v) is 16.3. The minimum absolute atomic E-state index is 0.00489. The van der Waals surface area contributed by atoms with Crippen LogP contribution in [-0.2, 0) is 32.1 Å². The van der Waals surface area contributed by atoms with E-state index >= 15 is 0 Å². The molecule has 0 aromatic heterocycles. The molecule has 20 heteroatoms. The Balaban J connectivity index is 0.000000194. The number of ether oxygens (including phenoxy) is 10. The van der Waals surface area contributed by atoms with Crippen molar-refractivity contribution in [3.8, 4) is 57.5 Å². The molecule has 10 aliphatic rings. The molecule has 0 aliphatic carbocycles. The van der Waals surface area contributed by atoms with Gasteiger partial charge in [-0.15, -0.1) is 0 Å². The zero-order valence-electron chi connectivity index (χ0n) is 117. The summed E-state index contributed by atoms with van der Waals surface area (Å²) in [4.78, 5) is 5.97. The Hall–Kier alpha value is -6.30. The van der Waals surface area contributed by atoms with E-state index in [0.717, 1.165) is 16.9 Å². The summed E-state index contributed by atoms with van der Waals surface area (Å²) in [5.41, 5.74) is -4.65. The van der Waals surface area contributed by atoms with Gasteiger partial charge in [0, 0.05) is 131 Å². The number of aliphatic hydroxyl groups is 5. The van der Waals surface area contributed by atoms with Crippen molar-refractivity contribution in [2.24, 2.45) is 58.2 Å². The molecule has 10 heterocycles. The smallest absolute Gasteiger partial charge is 0.161 e. The summed E-state index contributed by atoms with van der Waals surface area (Å²) in [6, 6.07) is -12.0. The largest absolute Gasteiger partial charge is 0.493 e.